The molecule has 2 aromatic rings. The van der Waals surface area contributed by atoms with Gasteiger partial charge in [0.25, 0.3) is 5.91 Å². The van der Waals surface area contributed by atoms with E-state index < -0.39 is 0 Å². The molecule has 1 aromatic carbocycles. The quantitative estimate of drug-likeness (QED) is 0.888. The third-order valence-corrected chi connectivity index (χ3v) is 3.73. The number of rotatable bonds is 5. The van der Waals surface area contributed by atoms with Gasteiger partial charge in [-0.3, -0.25) is 4.79 Å². The summed E-state index contributed by atoms with van der Waals surface area (Å²) in [7, 11) is 0. The molecule has 106 valence electrons. The summed E-state index contributed by atoms with van der Waals surface area (Å²) in [5.41, 5.74) is 6.66. The highest BCUT2D eigenvalue weighted by atomic mass is 32.1. The number of halogens is 1. The predicted octanol–water partition coefficient (Wildman–Crippen LogP) is 2.27. The van der Waals surface area contributed by atoms with E-state index in [1.54, 1.807) is 17.5 Å². The Kier molecular flexibility index (Phi) is 4.81. The number of hydrogen-bond donors (Lipinski definition) is 2. The molecule has 1 atom stereocenters. The summed E-state index contributed by atoms with van der Waals surface area (Å²) >= 11 is 1.36. The highest BCUT2D eigenvalue weighted by molar-refractivity contribution is 7.13. The maximum atomic E-state index is 12.9. The van der Waals surface area contributed by atoms with Crippen LogP contribution in [0.25, 0.3) is 10.6 Å². The van der Waals surface area contributed by atoms with Crippen molar-refractivity contribution in [3.63, 3.8) is 0 Å². The minimum absolute atomic E-state index is 0.213. The van der Waals surface area contributed by atoms with Crippen LogP contribution in [0.5, 0.6) is 0 Å². The molecule has 1 amide bonds. The summed E-state index contributed by atoms with van der Waals surface area (Å²) in [5, 5.41) is 5.18. The maximum absolute atomic E-state index is 12.9. The van der Waals surface area contributed by atoms with E-state index in [0.717, 1.165) is 5.56 Å². The van der Waals surface area contributed by atoms with Gasteiger partial charge in [-0.2, -0.15) is 0 Å². The van der Waals surface area contributed by atoms with Gasteiger partial charge >= 0.3 is 0 Å². The summed E-state index contributed by atoms with van der Waals surface area (Å²) in [6.45, 7) is 3.02. The number of amides is 1. The van der Waals surface area contributed by atoms with Crippen LogP contribution in [0.4, 0.5) is 4.39 Å². The number of carbonyl (C=O) groups is 1. The van der Waals surface area contributed by atoms with E-state index in [1.807, 2.05) is 6.92 Å². The number of hydrogen-bond acceptors (Lipinski definition) is 4. The van der Waals surface area contributed by atoms with E-state index >= 15 is 0 Å². The molecule has 0 saturated carbocycles. The fraction of sp³-hybridized carbons (Fsp3) is 0.286. The second-order valence-corrected chi connectivity index (χ2v) is 5.45. The minimum Gasteiger partial charge on any atom is -0.350 e. The van der Waals surface area contributed by atoms with E-state index in [1.165, 1.54) is 23.5 Å². The van der Waals surface area contributed by atoms with Crippen molar-refractivity contribution in [1.29, 1.82) is 0 Å². The molecule has 0 aliphatic heterocycles. The van der Waals surface area contributed by atoms with Gasteiger partial charge in [0.1, 0.15) is 16.5 Å². The Morgan fingerprint density at radius 2 is 2.15 bits per heavy atom. The van der Waals surface area contributed by atoms with Crippen molar-refractivity contribution < 1.29 is 9.18 Å². The molecule has 6 heteroatoms. The highest BCUT2D eigenvalue weighted by Crippen LogP contribution is 2.23. The molecule has 1 heterocycles. The molecule has 0 aliphatic rings. The molecule has 20 heavy (non-hydrogen) atoms. The van der Waals surface area contributed by atoms with Gasteiger partial charge in [0.15, 0.2) is 0 Å². The average molecular weight is 293 g/mol. The third-order valence-electron chi connectivity index (χ3n) is 2.84. The van der Waals surface area contributed by atoms with E-state index in [4.69, 9.17) is 5.73 Å². The number of aromatic nitrogens is 1. The molecule has 1 unspecified atom stereocenters. The molecule has 2 rings (SSSR count). The fourth-order valence-corrected chi connectivity index (χ4v) is 2.35. The number of benzene rings is 1. The Balaban J connectivity index is 2.05. The van der Waals surface area contributed by atoms with Crippen molar-refractivity contribution in [3.05, 3.63) is 41.2 Å². The Morgan fingerprint density at radius 1 is 1.45 bits per heavy atom. The van der Waals surface area contributed by atoms with Crippen molar-refractivity contribution in [2.75, 3.05) is 13.1 Å². The highest BCUT2D eigenvalue weighted by Gasteiger charge is 2.12. The molecule has 0 radical (unpaired) electrons. The lowest BCUT2D eigenvalue weighted by Crippen LogP contribution is -2.31. The van der Waals surface area contributed by atoms with Crippen LogP contribution in [-0.2, 0) is 0 Å². The molecule has 0 spiro atoms. The Bertz CT molecular complexity index is 582. The minimum atomic E-state index is -0.293. The summed E-state index contributed by atoms with van der Waals surface area (Å²) in [5.74, 6) is -0.275. The second kappa shape index (κ2) is 6.58. The lowest BCUT2D eigenvalue weighted by atomic mass is 10.2. The van der Waals surface area contributed by atoms with Crippen LogP contribution in [0.3, 0.4) is 0 Å². The zero-order chi connectivity index (χ0) is 14.5. The summed E-state index contributed by atoms with van der Waals surface area (Å²) < 4.78 is 12.9. The first kappa shape index (κ1) is 14.6. The summed E-state index contributed by atoms with van der Waals surface area (Å²) in [4.78, 5) is 16.2. The lowest BCUT2D eigenvalue weighted by Gasteiger charge is -2.08. The van der Waals surface area contributed by atoms with E-state index in [0.29, 0.717) is 23.8 Å². The lowest BCUT2D eigenvalue weighted by molar-refractivity contribution is 0.0944. The van der Waals surface area contributed by atoms with E-state index in [-0.39, 0.29) is 17.6 Å². The number of nitrogens with one attached hydrogen (secondary N) is 1. The molecule has 4 nitrogen and oxygen atoms in total. The number of nitrogens with zero attached hydrogens (tertiary/aromatic N) is 1. The van der Waals surface area contributed by atoms with Crippen molar-refractivity contribution in [2.24, 2.45) is 11.7 Å². The van der Waals surface area contributed by atoms with Gasteiger partial charge in [0.2, 0.25) is 0 Å². The van der Waals surface area contributed by atoms with Crippen LogP contribution in [0.2, 0.25) is 0 Å². The first-order valence-electron chi connectivity index (χ1n) is 6.30. The zero-order valence-electron chi connectivity index (χ0n) is 11.1. The van der Waals surface area contributed by atoms with Crippen molar-refractivity contribution in [3.8, 4) is 10.6 Å². The zero-order valence-corrected chi connectivity index (χ0v) is 11.9. The van der Waals surface area contributed by atoms with Crippen molar-refractivity contribution in [2.45, 2.75) is 6.92 Å². The van der Waals surface area contributed by atoms with Crippen molar-refractivity contribution in [1.82, 2.24) is 10.3 Å². The third kappa shape index (κ3) is 3.61. The van der Waals surface area contributed by atoms with Gasteiger partial charge in [-0.25, -0.2) is 9.37 Å². The molecule has 3 N–H and O–H groups in total. The molecule has 0 saturated heterocycles. The largest absolute Gasteiger partial charge is 0.350 e. The molecule has 0 bridgehead atoms. The van der Waals surface area contributed by atoms with Crippen LogP contribution < -0.4 is 11.1 Å². The second-order valence-electron chi connectivity index (χ2n) is 4.60. The molecule has 0 aliphatic carbocycles. The Labute approximate surface area is 120 Å². The standard InChI is InChI=1S/C14H16FN3OS/c1-9(6-16)7-17-13(19)12-8-20-14(18-12)10-2-4-11(15)5-3-10/h2-5,8-9H,6-7,16H2,1H3,(H,17,19). The van der Waals surface area contributed by atoms with Crippen LogP contribution in [0.1, 0.15) is 17.4 Å². The van der Waals surface area contributed by atoms with E-state index in [9.17, 15) is 9.18 Å². The van der Waals surface area contributed by atoms with Gasteiger partial charge in [0.05, 0.1) is 0 Å². The Morgan fingerprint density at radius 3 is 2.80 bits per heavy atom. The van der Waals surface area contributed by atoms with Crippen LogP contribution >= 0.6 is 11.3 Å². The van der Waals surface area contributed by atoms with Gasteiger partial charge in [-0.1, -0.05) is 6.92 Å². The predicted molar refractivity (Wildman–Crippen MR) is 78.1 cm³/mol. The van der Waals surface area contributed by atoms with Crippen LogP contribution in [-0.4, -0.2) is 24.0 Å². The molecular weight excluding hydrogens is 277 g/mol. The topological polar surface area (TPSA) is 68.0 Å². The maximum Gasteiger partial charge on any atom is 0.270 e. The van der Waals surface area contributed by atoms with E-state index in [2.05, 4.69) is 10.3 Å². The SMILES string of the molecule is CC(CN)CNC(=O)c1csc(-c2ccc(F)cc2)n1. The van der Waals surface area contributed by atoms with Gasteiger partial charge in [-0.05, 0) is 36.7 Å². The first-order valence-corrected chi connectivity index (χ1v) is 7.18. The smallest absolute Gasteiger partial charge is 0.270 e. The van der Waals surface area contributed by atoms with Gasteiger partial charge in [0, 0.05) is 17.5 Å². The van der Waals surface area contributed by atoms with Crippen LogP contribution in [0, 0.1) is 11.7 Å². The van der Waals surface area contributed by atoms with Crippen molar-refractivity contribution >= 4 is 17.2 Å². The van der Waals surface area contributed by atoms with Gasteiger partial charge < -0.3 is 11.1 Å². The number of thiazole rings is 1. The Hall–Kier alpha value is -1.79. The van der Waals surface area contributed by atoms with Crippen LogP contribution in [0.15, 0.2) is 29.6 Å². The van der Waals surface area contributed by atoms with Gasteiger partial charge in [-0.15, -0.1) is 11.3 Å². The molecule has 1 aromatic heterocycles. The summed E-state index contributed by atoms with van der Waals surface area (Å²) in [6, 6.07) is 6.04. The molecule has 0 fully saturated rings. The monoisotopic (exact) mass is 293 g/mol. The molecular formula is C14H16FN3OS. The average Bonchev–Trinajstić information content (AvgIpc) is 2.95. The number of carbonyl (C=O) groups excluding carboxylic acids is 1. The summed E-state index contributed by atoms with van der Waals surface area (Å²) in [6.07, 6.45) is 0. The normalized spacial score (nSPS) is 12.2. The first-order chi connectivity index (χ1) is 9.60. The number of nitrogens with two attached hydrogens (primary N) is 1. The fourth-order valence-electron chi connectivity index (χ4n) is 1.54.